The molecule has 1 aromatic heterocycles. The fourth-order valence-corrected chi connectivity index (χ4v) is 5.45. The van der Waals surface area contributed by atoms with Gasteiger partial charge in [0, 0.05) is 29.7 Å². The van der Waals surface area contributed by atoms with E-state index in [1.807, 2.05) is 18.2 Å². The minimum Gasteiger partial charge on any atom is -0.406 e. The molecule has 5 rings (SSSR count). The van der Waals surface area contributed by atoms with Gasteiger partial charge in [0.15, 0.2) is 11.0 Å². The van der Waals surface area contributed by atoms with Crippen LogP contribution in [0, 0.1) is 11.3 Å². The number of nitrogens with zero attached hydrogens (tertiary/aromatic N) is 6. The number of amidine groups is 1. The van der Waals surface area contributed by atoms with Crippen LogP contribution in [-0.4, -0.2) is 44.6 Å². The lowest BCUT2D eigenvalue weighted by atomic mass is 10.1. The molecule has 0 saturated carbocycles. The summed E-state index contributed by atoms with van der Waals surface area (Å²) in [5.41, 5.74) is 4.15. The Hall–Kier alpha value is -5.09. The highest BCUT2D eigenvalue weighted by molar-refractivity contribution is 8.14. The molecule has 0 radical (unpaired) electrons. The molecule has 1 aliphatic heterocycles. The number of para-hydroxylation sites is 1. The summed E-state index contributed by atoms with van der Waals surface area (Å²) in [6.45, 7) is 2.85. The summed E-state index contributed by atoms with van der Waals surface area (Å²) >= 11 is 1.52. The fourth-order valence-electron chi connectivity index (χ4n) is 4.50. The molecule has 0 atom stereocenters. The summed E-state index contributed by atoms with van der Waals surface area (Å²) in [4.78, 5) is 23.4. The Morgan fingerprint density at radius 3 is 2.59 bits per heavy atom. The third kappa shape index (κ3) is 7.45. The predicted molar refractivity (Wildman–Crippen MR) is 163 cm³/mol. The van der Waals surface area contributed by atoms with Crippen LogP contribution in [0.3, 0.4) is 0 Å². The Labute approximate surface area is 255 Å². The van der Waals surface area contributed by atoms with Gasteiger partial charge in [-0.2, -0.15) is 10.3 Å². The van der Waals surface area contributed by atoms with Crippen molar-refractivity contribution < 1.29 is 22.7 Å². The van der Waals surface area contributed by atoms with Gasteiger partial charge in [-0.25, -0.2) is 14.5 Å². The van der Waals surface area contributed by atoms with Crippen molar-refractivity contribution in [2.24, 2.45) is 4.99 Å². The SMILES string of the molecule is CCc1ccccc1N1CCCS/C1=N\C(=O)N/C=C(\C#N)c1ccc(-c2ncn(-c3ccc(OC(F)(F)F)cc3)n2)cc1. The number of halogens is 3. The number of alkyl halides is 3. The molecule has 2 heterocycles. The second-order valence-electron chi connectivity index (χ2n) is 9.48. The number of hydrogen-bond acceptors (Lipinski definition) is 6. The van der Waals surface area contributed by atoms with Crippen LogP contribution in [0.15, 0.2) is 90.3 Å². The number of nitriles is 1. The van der Waals surface area contributed by atoms with Crippen LogP contribution in [0.1, 0.15) is 24.5 Å². The van der Waals surface area contributed by atoms with Gasteiger partial charge in [-0.05, 0) is 54.3 Å². The van der Waals surface area contributed by atoms with Crippen molar-refractivity contribution in [2.75, 3.05) is 17.2 Å². The molecule has 2 amide bonds. The molecular formula is C31H26F3N7O2S. The van der Waals surface area contributed by atoms with Crippen LogP contribution in [0.4, 0.5) is 23.7 Å². The van der Waals surface area contributed by atoms with Gasteiger partial charge >= 0.3 is 12.4 Å². The van der Waals surface area contributed by atoms with Gasteiger partial charge in [-0.15, -0.1) is 18.3 Å². The van der Waals surface area contributed by atoms with E-state index in [9.17, 15) is 23.2 Å². The molecule has 9 nitrogen and oxygen atoms in total. The van der Waals surface area contributed by atoms with Gasteiger partial charge in [0.2, 0.25) is 0 Å². The lowest BCUT2D eigenvalue weighted by molar-refractivity contribution is -0.274. The highest BCUT2D eigenvalue weighted by Gasteiger charge is 2.31. The second kappa shape index (κ2) is 13.5. The fraction of sp³-hybridized carbons (Fsp3) is 0.194. The van der Waals surface area contributed by atoms with Crippen LogP contribution in [-0.2, 0) is 6.42 Å². The van der Waals surface area contributed by atoms with E-state index in [4.69, 9.17) is 0 Å². The lowest BCUT2D eigenvalue weighted by Crippen LogP contribution is -2.36. The van der Waals surface area contributed by atoms with E-state index in [0.29, 0.717) is 27.8 Å². The number of hydrogen-bond donors (Lipinski definition) is 1. The number of aryl methyl sites for hydroxylation is 1. The van der Waals surface area contributed by atoms with E-state index in [1.54, 1.807) is 24.3 Å². The summed E-state index contributed by atoms with van der Waals surface area (Å²) in [5, 5.41) is 17.4. The molecule has 0 aliphatic carbocycles. The van der Waals surface area contributed by atoms with Crippen molar-refractivity contribution >= 4 is 34.2 Å². The van der Waals surface area contributed by atoms with Crippen molar-refractivity contribution in [2.45, 2.75) is 26.1 Å². The maximum Gasteiger partial charge on any atom is 0.573 e. The minimum absolute atomic E-state index is 0.231. The third-order valence-corrected chi connectivity index (χ3v) is 7.65. The number of nitrogens with one attached hydrogen (secondary N) is 1. The molecular weight excluding hydrogens is 591 g/mol. The first-order chi connectivity index (χ1) is 21.2. The van der Waals surface area contributed by atoms with E-state index < -0.39 is 12.4 Å². The summed E-state index contributed by atoms with van der Waals surface area (Å²) in [6.07, 6.45) is -0.168. The topological polar surface area (TPSA) is 108 Å². The molecule has 3 aromatic carbocycles. The molecule has 1 fully saturated rings. The first-order valence-electron chi connectivity index (χ1n) is 13.6. The quantitative estimate of drug-likeness (QED) is 0.223. The van der Waals surface area contributed by atoms with Crippen molar-refractivity contribution in [1.29, 1.82) is 5.26 Å². The van der Waals surface area contributed by atoms with Crippen molar-refractivity contribution in [3.05, 3.63) is 96.5 Å². The number of allylic oxidation sites excluding steroid dienone is 1. The molecule has 224 valence electrons. The van der Waals surface area contributed by atoms with E-state index in [-0.39, 0.29) is 11.3 Å². The second-order valence-corrected chi connectivity index (χ2v) is 10.5. The number of ether oxygens (including phenoxy) is 1. The monoisotopic (exact) mass is 617 g/mol. The number of carbonyl (C=O) groups excluding carboxylic acids is 1. The number of amides is 2. The number of benzene rings is 3. The predicted octanol–water partition coefficient (Wildman–Crippen LogP) is 6.97. The minimum atomic E-state index is -4.77. The van der Waals surface area contributed by atoms with Crippen LogP contribution < -0.4 is 15.0 Å². The summed E-state index contributed by atoms with van der Waals surface area (Å²) in [7, 11) is 0. The zero-order valence-electron chi connectivity index (χ0n) is 23.5. The Morgan fingerprint density at radius 2 is 1.89 bits per heavy atom. The van der Waals surface area contributed by atoms with Gasteiger partial charge in [-0.1, -0.05) is 61.2 Å². The summed E-state index contributed by atoms with van der Waals surface area (Å²) < 4.78 is 42.6. The number of thioether (sulfide) groups is 1. The van der Waals surface area contributed by atoms with E-state index >= 15 is 0 Å². The number of urea groups is 1. The van der Waals surface area contributed by atoms with Gasteiger partial charge < -0.3 is 15.0 Å². The number of rotatable bonds is 7. The van der Waals surface area contributed by atoms with Crippen molar-refractivity contribution in [1.82, 2.24) is 20.1 Å². The largest absolute Gasteiger partial charge is 0.573 e. The smallest absolute Gasteiger partial charge is 0.406 e. The third-order valence-electron chi connectivity index (χ3n) is 6.59. The molecule has 13 heteroatoms. The van der Waals surface area contributed by atoms with Gasteiger partial charge in [0.05, 0.1) is 11.3 Å². The van der Waals surface area contributed by atoms with E-state index in [0.717, 1.165) is 30.8 Å². The zero-order valence-corrected chi connectivity index (χ0v) is 24.3. The standard InChI is InChI=1S/C31H26F3N7O2S/c1-2-21-6-3-4-7-27(21)40-16-5-17-44-30(40)38-29(42)36-19-24(18-35)22-8-10-23(11-9-22)28-37-20-41(39-28)25-12-14-26(15-13-25)43-31(32,33)34/h3-4,6-15,19-20H,2,5,16-17H2,1H3,(H,36,42)/b24-19+,38-30-. The molecule has 1 aliphatic rings. The number of carbonyl (C=O) groups is 1. The van der Waals surface area contributed by atoms with Crippen LogP contribution in [0.5, 0.6) is 5.75 Å². The van der Waals surface area contributed by atoms with Crippen molar-refractivity contribution in [3.8, 4) is 28.9 Å². The first kappa shape index (κ1) is 30.4. The van der Waals surface area contributed by atoms with Crippen LogP contribution in [0.2, 0.25) is 0 Å². The Balaban J connectivity index is 1.26. The van der Waals surface area contributed by atoms with E-state index in [1.165, 1.54) is 58.8 Å². The molecule has 1 N–H and O–H groups in total. The Bertz CT molecular complexity index is 1730. The highest BCUT2D eigenvalue weighted by Crippen LogP contribution is 2.29. The maximum atomic E-state index is 12.8. The van der Waals surface area contributed by atoms with Crippen LogP contribution in [0.25, 0.3) is 22.6 Å². The number of aromatic nitrogens is 3. The zero-order chi connectivity index (χ0) is 31.1. The normalized spacial score (nSPS) is 14.8. The Morgan fingerprint density at radius 1 is 1.14 bits per heavy atom. The molecule has 0 bridgehead atoms. The highest BCUT2D eigenvalue weighted by atomic mass is 32.2. The lowest BCUT2D eigenvalue weighted by Gasteiger charge is -2.31. The molecule has 44 heavy (non-hydrogen) atoms. The van der Waals surface area contributed by atoms with Gasteiger partial charge in [0.1, 0.15) is 18.1 Å². The average Bonchev–Trinajstić information content (AvgIpc) is 3.52. The molecule has 0 spiro atoms. The molecule has 4 aromatic rings. The number of aliphatic imine (C=N–C) groups is 1. The summed E-state index contributed by atoms with van der Waals surface area (Å²) in [6, 6.07) is 21.7. The van der Waals surface area contributed by atoms with Gasteiger partial charge in [0.25, 0.3) is 0 Å². The van der Waals surface area contributed by atoms with Crippen LogP contribution >= 0.6 is 11.8 Å². The van der Waals surface area contributed by atoms with E-state index in [2.05, 4.69) is 49.1 Å². The average molecular weight is 618 g/mol. The maximum absolute atomic E-state index is 12.8. The molecule has 0 unspecified atom stereocenters. The molecule has 1 saturated heterocycles. The van der Waals surface area contributed by atoms with Crippen molar-refractivity contribution in [3.63, 3.8) is 0 Å². The summed E-state index contributed by atoms with van der Waals surface area (Å²) in [5.74, 6) is 0.895. The van der Waals surface area contributed by atoms with Gasteiger partial charge in [-0.3, -0.25) is 0 Å². The number of anilines is 1. The first-order valence-corrected chi connectivity index (χ1v) is 14.6. The Kier molecular flexibility index (Phi) is 9.30.